The van der Waals surface area contributed by atoms with Gasteiger partial charge in [0.05, 0.1) is 11.2 Å². The number of pyridine rings is 1. The normalized spacial score (nSPS) is 13.5. The number of urea groups is 2. The number of fused-ring (bicyclic) bond motifs is 1. The number of aromatic nitrogens is 1. The van der Waals surface area contributed by atoms with Gasteiger partial charge in [-0.05, 0) is 54.6 Å². The molecule has 1 aromatic heterocycles. The van der Waals surface area contributed by atoms with Crippen molar-refractivity contribution in [3.05, 3.63) is 89.7 Å². The first-order valence-corrected chi connectivity index (χ1v) is 12.1. The van der Waals surface area contributed by atoms with Gasteiger partial charge < -0.3 is 20.9 Å². The average Bonchev–Trinajstić information content (AvgIpc) is 2.90. The van der Waals surface area contributed by atoms with Crippen LogP contribution in [0.5, 0.6) is 0 Å². The van der Waals surface area contributed by atoms with Crippen LogP contribution >= 0.6 is 11.6 Å². The van der Waals surface area contributed by atoms with Gasteiger partial charge in [-0.25, -0.2) is 23.9 Å². The van der Waals surface area contributed by atoms with E-state index in [0.29, 0.717) is 53.9 Å². The van der Waals surface area contributed by atoms with Crippen LogP contribution in [0.25, 0.3) is 10.9 Å². The third-order valence-corrected chi connectivity index (χ3v) is 6.44. The number of nitrogens with one attached hydrogen (secondary N) is 1. The Morgan fingerprint density at radius 2 is 1.65 bits per heavy atom. The molecule has 0 spiro atoms. The molecule has 5 rings (SSSR count). The Morgan fingerprint density at radius 1 is 0.946 bits per heavy atom. The number of para-hydroxylation sites is 1. The standard InChI is InChI=1S/C27H24ClFN6O2/c28-18-6-11-22-23(16-18)32-25(35(26(30)36)21-4-2-1-3-5-21)17-24(22)33-12-14-34(15-13-33)27(37)31-20-9-7-19(29)8-10-20/h1-11,16-17H,12-15H2,(H2,30,36)(H,31,37). The lowest BCUT2D eigenvalue weighted by Crippen LogP contribution is -2.50. The van der Waals surface area contributed by atoms with E-state index >= 15 is 0 Å². The van der Waals surface area contributed by atoms with Crippen molar-refractivity contribution in [1.29, 1.82) is 0 Å². The maximum Gasteiger partial charge on any atom is 0.325 e. The molecular weight excluding hydrogens is 495 g/mol. The summed E-state index contributed by atoms with van der Waals surface area (Å²) in [5.41, 5.74) is 8.37. The van der Waals surface area contributed by atoms with Crippen LogP contribution in [0.3, 0.4) is 0 Å². The van der Waals surface area contributed by atoms with E-state index in [2.05, 4.69) is 10.2 Å². The zero-order valence-electron chi connectivity index (χ0n) is 19.8. The monoisotopic (exact) mass is 518 g/mol. The largest absolute Gasteiger partial charge is 0.367 e. The van der Waals surface area contributed by atoms with Crippen molar-refractivity contribution in [3.63, 3.8) is 0 Å². The van der Waals surface area contributed by atoms with Crippen LogP contribution in [0, 0.1) is 5.82 Å². The number of primary amides is 1. The molecular formula is C27H24ClFN6O2. The highest BCUT2D eigenvalue weighted by atomic mass is 35.5. The molecule has 0 bridgehead atoms. The van der Waals surface area contributed by atoms with E-state index < -0.39 is 6.03 Å². The number of rotatable bonds is 4. The average molecular weight is 519 g/mol. The molecule has 1 saturated heterocycles. The van der Waals surface area contributed by atoms with Crippen molar-refractivity contribution in [2.45, 2.75) is 0 Å². The van der Waals surface area contributed by atoms with Crippen LogP contribution < -0.4 is 20.9 Å². The Labute approximate surface area is 218 Å². The van der Waals surface area contributed by atoms with Gasteiger partial charge in [0.15, 0.2) is 0 Å². The number of carbonyl (C=O) groups excluding carboxylic acids is 2. The summed E-state index contributed by atoms with van der Waals surface area (Å²) < 4.78 is 13.2. The molecule has 3 N–H and O–H groups in total. The van der Waals surface area contributed by atoms with Gasteiger partial charge in [0.1, 0.15) is 11.6 Å². The smallest absolute Gasteiger partial charge is 0.325 e. The van der Waals surface area contributed by atoms with Crippen LogP contribution in [-0.2, 0) is 0 Å². The molecule has 0 atom stereocenters. The van der Waals surface area contributed by atoms with Crippen LogP contribution in [0.4, 0.5) is 36.9 Å². The third-order valence-electron chi connectivity index (χ3n) is 6.20. The minimum absolute atomic E-state index is 0.248. The third kappa shape index (κ3) is 5.26. The van der Waals surface area contributed by atoms with Gasteiger partial charge in [0.2, 0.25) is 0 Å². The number of hydrogen-bond donors (Lipinski definition) is 2. The summed E-state index contributed by atoms with van der Waals surface area (Å²) in [6.45, 7) is 2.05. The number of nitrogens with zero attached hydrogens (tertiary/aromatic N) is 4. The van der Waals surface area contributed by atoms with E-state index in [1.807, 2.05) is 30.3 Å². The number of halogens is 2. The predicted molar refractivity (Wildman–Crippen MR) is 144 cm³/mol. The molecule has 188 valence electrons. The molecule has 8 nitrogen and oxygen atoms in total. The van der Waals surface area contributed by atoms with E-state index in [1.165, 1.54) is 29.2 Å². The molecule has 4 amide bonds. The van der Waals surface area contributed by atoms with E-state index in [1.54, 1.807) is 29.2 Å². The second kappa shape index (κ2) is 10.3. The molecule has 37 heavy (non-hydrogen) atoms. The summed E-state index contributed by atoms with van der Waals surface area (Å²) in [7, 11) is 0. The number of anilines is 4. The maximum absolute atomic E-state index is 13.2. The van der Waals surface area contributed by atoms with Crippen molar-refractivity contribution in [2.75, 3.05) is 41.3 Å². The molecule has 2 heterocycles. The van der Waals surface area contributed by atoms with E-state index in [-0.39, 0.29) is 11.8 Å². The van der Waals surface area contributed by atoms with Crippen molar-refractivity contribution in [1.82, 2.24) is 9.88 Å². The lowest BCUT2D eigenvalue weighted by Gasteiger charge is -2.37. The zero-order chi connectivity index (χ0) is 25.9. The van der Waals surface area contributed by atoms with Gasteiger partial charge in [-0.3, -0.25) is 0 Å². The van der Waals surface area contributed by atoms with Gasteiger partial charge in [-0.2, -0.15) is 0 Å². The summed E-state index contributed by atoms with van der Waals surface area (Å²) in [6, 6.07) is 21.1. The van der Waals surface area contributed by atoms with Crippen molar-refractivity contribution in [3.8, 4) is 0 Å². The summed E-state index contributed by atoms with van der Waals surface area (Å²) >= 11 is 6.27. The van der Waals surface area contributed by atoms with Crippen molar-refractivity contribution in [2.24, 2.45) is 5.73 Å². The number of piperazine rings is 1. The second-order valence-corrected chi connectivity index (χ2v) is 9.02. The molecule has 3 aromatic carbocycles. The fourth-order valence-corrected chi connectivity index (χ4v) is 4.55. The molecule has 0 unspecified atom stereocenters. The SMILES string of the molecule is NC(=O)N(c1ccccc1)c1cc(N2CCN(C(=O)Nc3ccc(F)cc3)CC2)c2ccc(Cl)cc2n1. The first kappa shape index (κ1) is 24.3. The molecule has 0 aliphatic carbocycles. The Hall–Kier alpha value is -4.37. The van der Waals surface area contributed by atoms with Gasteiger partial charge in [0, 0.05) is 54.0 Å². The van der Waals surface area contributed by atoms with Crippen LogP contribution in [-0.4, -0.2) is 48.1 Å². The number of hydrogen-bond acceptors (Lipinski definition) is 4. The number of nitrogens with two attached hydrogens (primary N) is 1. The Kier molecular flexibility index (Phi) is 6.78. The lowest BCUT2D eigenvalue weighted by molar-refractivity contribution is 0.208. The second-order valence-electron chi connectivity index (χ2n) is 8.58. The zero-order valence-corrected chi connectivity index (χ0v) is 20.5. The molecule has 0 saturated carbocycles. The molecule has 4 aromatic rings. The minimum atomic E-state index is -0.659. The summed E-state index contributed by atoms with van der Waals surface area (Å²) in [4.78, 5) is 35.1. The van der Waals surface area contributed by atoms with Gasteiger partial charge in [-0.15, -0.1) is 0 Å². The topological polar surface area (TPSA) is 94.8 Å². The molecule has 0 radical (unpaired) electrons. The Balaban J connectivity index is 1.42. The highest BCUT2D eigenvalue weighted by Gasteiger charge is 2.25. The minimum Gasteiger partial charge on any atom is -0.367 e. The molecule has 10 heteroatoms. The van der Waals surface area contributed by atoms with Crippen LogP contribution in [0.1, 0.15) is 0 Å². The summed E-state index contributed by atoms with van der Waals surface area (Å²) in [5, 5.41) is 4.20. The van der Waals surface area contributed by atoms with Crippen LogP contribution in [0.15, 0.2) is 78.9 Å². The molecule has 1 aliphatic rings. The van der Waals surface area contributed by atoms with Crippen LogP contribution in [0.2, 0.25) is 5.02 Å². The summed E-state index contributed by atoms with van der Waals surface area (Å²) in [6.07, 6.45) is 0. The number of benzene rings is 3. The maximum atomic E-state index is 13.2. The van der Waals surface area contributed by atoms with Crippen molar-refractivity contribution < 1.29 is 14.0 Å². The van der Waals surface area contributed by atoms with Crippen molar-refractivity contribution >= 4 is 57.4 Å². The Bertz CT molecular complexity index is 1440. The Morgan fingerprint density at radius 3 is 2.32 bits per heavy atom. The van der Waals surface area contributed by atoms with E-state index in [4.69, 9.17) is 22.3 Å². The molecule has 1 fully saturated rings. The molecule has 1 aliphatic heterocycles. The number of amides is 4. The predicted octanol–water partition coefficient (Wildman–Crippen LogP) is 5.60. The summed E-state index contributed by atoms with van der Waals surface area (Å²) in [5.74, 6) is 0.0129. The quantitative estimate of drug-likeness (QED) is 0.368. The van der Waals surface area contributed by atoms with E-state index in [0.717, 1.165) is 11.1 Å². The first-order valence-electron chi connectivity index (χ1n) is 11.7. The first-order chi connectivity index (χ1) is 17.9. The number of carbonyl (C=O) groups is 2. The highest BCUT2D eigenvalue weighted by Crippen LogP contribution is 2.34. The lowest BCUT2D eigenvalue weighted by atomic mass is 10.1. The van der Waals surface area contributed by atoms with Gasteiger partial charge in [0.25, 0.3) is 0 Å². The van der Waals surface area contributed by atoms with Gasteiger partial charge in [-0.1, -0.05) is 29.8 Å². The fourth-order valence-electron chi connectivity index (χ4n) is 4.38. The van der Waals surface area contributed by atoms with Gasteiger partial charge >= 0.3 is 12.1 Å². The fraction of sp³-hybridized carbons (Fsp3) is 0.148. The van der Waals surface area contributed by atoms with E-state index in [9.17, 15) is 14.0 Å². The highest BCUT2D eigenvalue weighted by molar-refractivity contribution is 6.31.